The van der Waals surface area contributed by atoms with Gasteiger partial charge in [0.1, 0.15) is 5.82 Å². The fourth-order valence-corrected chi connectivity index (χ4v) is 4.16. The van der Waals surface area contributed by atoms with E-state index in [0.717, 1.165) is 74.3 Å². The van der Waals surface area contributed by atoms with Crippen molar-refractivity contribution in [2.24, 2.45) is 5.73 Å². The maximum atomic E-state index is 12.1. The van der Waals surface area contributed by atoms with Crippen LogP contribution in [0.15, 0.2) is 37.4 Å². The zero-order chi connectivity index (χ0) is 20.8. The van der Waals surface area contributed by atoms with E-state index in [4.69, 9.17) is 15.5 Å². The summed E-state index contributed by atoms with van der Waals surface area (Å²) in [7, 11) is 0. The van der Waals surface area contributed by atoms with Gasteiger partial charge >= 0.3 is 0 Å². The molecule has 0 radical (unpaired) electrons. The lowest BCUT2D eigenvalue weighted by Crippen LogP contribution is -2.48. The minimum absolute atomic E-state index is 0. The number of aryl methyl sites for hydroxylation is 1. The van der Waals surface area contributed by atoms with E-state index < -0.39 is 5.91 Å². The Labute approximate surface area is 180 Å². The lowest BCUT2D eigenvalue weighted by Gasteiger charge is -2.36. The maximum absolute atomic E-state index is 12.1. The number of pyridine rings is 1. The largest absolute Gasteiger partial charge is 0.381 e. The van der Waals surface area contributed by atoms with Crippen LogP contribution in [0.5, 0.6) is 0 Å². The van der Waals surface area contributed by atoms with Crippen LogP contribution in [0.4, 0.5) is 5.82 Å². The molecule has 6 N–H and O–H groups in total. The number of aromatic nitrogens is 1. The third-order valence-corrected chi connectivity index (χ3v) is 5.70. The van der Waals surface area contributed by atoms with Crippen LogP contribution in [0.3, 0.4) is 0 Å². The molecule has 0 bridgehead atoms. The summed E-state index contributed by atoms with van der Waals surface area (Å²) in [4.78, 5) is 19.1. The van der Waals surface area contributed by atoms with E-state index in [-0.39, 0.29) is 7.58 Å². The number of nitrogens with two attached hydrogens (primary N) is 1. The second-order valence-corrected chi connectivity index (χ2v) is 7.73. The molecule has 0 aliphatic carbocycles. The van der Waals surface area contributed by atoms with E-state index in [1.54, 1.807) is 0 Å². The smallest absolute Gasteiger partial charge is 0.252 e. The molecule has 7 nitrogen and oxygen atoms in total. The number of hydrogen-bond donors (Lipinski definition) is 3. The number of carbonyl (C=O) groups excluding carboxylic acids is 1. The van der Waals surface area contributed by atoms with Crippen LogP contribution in [0.1, 0.15) is 43.0 Å². The molecule has 7 heteroatoms. The lowest BCUT2D eigenvalue weighted by atomic mass is 10.0. The van der Waals surface area contributed by atoms with Crippen LogP contribution in [-0.2, 0) is 4.74 Å². The van der Waals surface area contributed by atoms with Crippen molar-refractivity contribution < 1.29 is 11.0 Å². The van der Waals surface area contributed by atoms with Crippen molar-refractivity contribution in [2.75, 3.05) is 31.2 Å². The van der Waals surface area contributed by atoms with E-state index in [1.807, 2.05) is 31.2 Å². The molecule has 2 aromatic rings. The van der Waals surface area contributed by atoms with Gasteiger partial charge in [0.15, 0.2) is 0 Å². The van der Waals surface area contributed by atoms with Gasteiger partial charge in [0.05, 0.1) is 11.1 Å². The molecule has 166 valence electrons. The van der Waals surface area contributed by atoms with Crippen LogP contribution in [-0.4, -0.2) is 49.3 Å². The summed E-state index contributed by atoms with van der Waals surface area (Å²) >= 11 is 0. The number of ether oxygens (including phenoxy) is 1. The van der Waals surface area contributed by atoms with Crippen molar-refractivity contribution in [3.63, 3.8) is 0 Å². The molecule has 0 spiro atoms. The highest BCUT2D eigenvalue weighted by atomic mass is 16.5. The van der Waals surface area contributed by atoms with E-state index in [2.05, 4.69) is 23.4 Å². The lowest BCUT2D eigenvalue weighted by molar-refractivity contribution is 0.0738. The number of carbonyl (C=O) groups is 1. The monoisotopic (exact) mass is 415 g/mol. The van der Waals surface area contributed by atoms with Gasteiger partial charge in [-0.25, -0.2) is 4.98 Å². The van der Waals surface area contributed by atoms with Crippen LogP contribution >= 0.6 is 0 Å². The first-order valence-corrected chi connectivity index (χ1v) is 10.4. The summed E-state index contributed by atoms with van der Waals surface area (Å²) in [5.41, 5.74) is 8.24. The Morgan fingerprint density at radius 3 is 2.43 bits per heavy atom. The highest BCUT2D eigenvalue weighted by Crippen LogP contribution is 2.27. The summed E-state index contributed by atoms with van der Waals surface area (Å²) in [5.74, 6) is 0.312. The normalized spacial score (nSPS) is 17.7. The molecule has 3 heterocycles. The Bertz CT molecular complexity index is 849. The van der Waals surface area contributed by atoms with Gasteiger partial charge in [0, 0.05) is 45.2 Å². The minimum Gasteiger partial charge on any atom is -0.381 e. The SMILES string of the molecule is C=C.Cc1ccc2nc(N3CCC(NC4CCOCC4)CC3)c(C(N)=O)cc2c1.N.[HH]. The van der Waals surface area contributed by atoms with Gasteiger partial charge in [-0.1, -0.05) is 11.6 Å². The van der Waals surface area contributed by atoms with Gasteiger partial charge < -0.3 is 26.8 Å². The zero-order valence-electron chi connectivity index (χ0n) is 18.0. The van der Waals surface area contributed by atoms with Crippen LogP contribution < -0.4 is 22.1 Å². The molecule has 30 heavy (non-hydrogen) atoms. The van der Waals surface area contributed by atoms with Crippen molar-refractivity contribution in [3.8, 4) is 0 Å². The first-order chi connectivity index (χ1) is 14.1. The number of hydrogen-bond acceptors (Lipinski definition) is 6. The highest BCUT2D eigenvalue weighted by molar-refractivity contribution is 6.01. The summed E-state index contributed by atoms with van der Waals surface area (Å²) in [6.45, 7) is 11.5. The number of benzene rings is 1. The Balaban J connectivity index is 0.00000117. The maximum Gasteiger partial charge on any atom is 0.252 e. The average molecular weight is 416 g/mol. The van der Waals surface area contributed by atoms with Crippen molar-refractivity contribution in [2.45, 2.75) is 44.7 Å². The first-order valence-electron chi connectivity index (χ1n) is 10.4. The molecule has 1 aromatic heterocycles. The zero-order valence-corrected chi connectivity index (χ0v) is 18.0. The molecule has 0 saturated carbocycles. The van der Waals surface area contributed by atoms with Gasteiger partial charge in [0.25, 0.3) is 5.91 Å². The van der Waals surface area contributed by atoms with Gasteiger partial charge in [0.2, 0.25) is 0 Å². The first kappa shape index (κ1) is 23.8. The fraction of sp³-hybridized carbons (Fsp3) is 0.478. The number of fused-ring (bicyclic) bond motifs is 1. The molecular formula is C23H37N5O2. The molecule has 0 atom stereocenters. The average Bonchev–Trinajstić information content (AvgIpc) is 2.75. The molecule has 0 unspecified atom stereocenters. The molecule has 1 aromatic carbocycles. The number of rotatable bonds is 4. The Kier molecular flexibility index (Phi) is 8.77. The predicted octanol–water partition coefficient (Wildman–Crippen LogP) is 3.59. The van der Waals surface area contributed by atoms with Gasteiger partial charge in [-0.15, -0.1) is 13.2 Å². The molecule has 4 rings (SSSR count). The van der Waals surface area contributed by atoms with Crippen molar-refractivity contribution in [1.29, 1.82) is 0 Å². The molecule has 2 fully saturated rings. The number of primary amides is 1. The fourth-order valence-electron chi connectivity index (χ4n) is 4.16. The van der Waals surface area contributed by atoms with Gasteiger partial charge in [-0.2, -0.15) is 0 Å². The number of nitrogens with one attached hydrogen (secondary N) is 1. The molecule has 2 saturated heterocycles. The van der Waals surface area contributed by atoms with Crippen molar-refractivity contribution in [1.82, 2.24) is 16.5 Å². The summed E-state index contributed by atoms with van der Waals surface area (Å²) in [5, 5.41) is 4.75. The number of nitrogens with zero attached hydrogens (tertiary/aromatic N) is 2. The van der Waals surface area contributed by atoms with E-state index in [0.29, 0.717) is 17.6 Å². The Hall–Kier alpha value is -2.48. The minimum atomic E-state index is -0.414. The summed E-state index contributed by atoms with van der Waals surface area (Å²) in [6, 6.07) is 9.08. The second-order valence-electron chi connectivity index (χ2n) is 7.73. The van der Waals surface area contributed by atoms with Crippen molar-refractivity contribution >= 4 is 22.6 Å². The third kappa shape index (κ3) is 5.56. The molecule has 1 amide bonds. The van der Waals surface area contributed by atoms with Crippen molar-refractivity contribution in [3.05, 3.63) is 48.6 Å². The van der Waals surface area contributed by atoms with E-state index in [9.17, 15) is 4.79 Å². The number of anilines is 1. The Morgan fingerprint density at radius 2 is 1.80 bits per heavy atom. The van der Waals surface area contributed by atoms with Crippen LogP contribution in [0, 0.1) is 6.92 Å². The van der Waals surface area contributed by atoms with Gasteiger partial charge in [-0.3, -0.25) is 4.79 Å². The van der Waals surface area contributed by atoms with Crippen LogP contribution in [0.2, 0.25) is 0 Å². The Morgan fingerprint density at radius 1 is 1.17 bits per heavy atom. The highest BCUT2D eigenvalue weighted by Gasteiger charge is 2.26. The topological polar surface area (TPSA) is 115 Å². The van der Waals surface area contributed by atoms with Gasteiger partial charge in [-0.05, 0) is 50.8 Å². The van der Waals surface area contributed by atoms with Crippen LogP contribution in [0.25, 0.3) is 10.9 Å². The molecular weight excluding hydrogens is 378 g/mol. The van der Waals surface area contributed by atoms with E-state index >= 15 is 0 Å². The molecule has 2 aliphatic rings. The van der Waals surface area contributed by atoms with E-state index in [1.165, 1.54) is 0 Å². The summed E-state index contributed by atoms with van der Waals surface area (Å²) in [6.07, 6.45) is 4.28. The number of amides is 1. The summed E-state index contributed by atoms with van der Waals surface area (Å²) < 4.78 is 5.44. The second kappa shape index (κ2) is 11.1. The number of piperidine rings is 1. The predicted molar refractivity (Wildman–Crippen MR) is 126 cm³/mol. The quantitative estimate of drug-likeness (QED) is 0.657. The third-order valence-electron chi connectivity index (χ3n) is 5.70. The molecule has 2 aliphatic heterocycles. The standard InChI is InChI=1S/C21H28N4O2.C2H4.H3N.H2/c1-14-2-3-19-15(12-14)13-18(20(22)26)21(24-19)25-8-4-16(5-9-25)23-17-6-10-27-11-7-17;1-2;;/h2-3,12-13,16-17,23H,4-11H2,1H3,(H2,22,26);1-2H2;1H3;1H.